The molecular formula is C20H21NO5S. The monoisotopic (exact) mass is 387 g/mol. The summed E-state index contributed by atoms with van der Waals surface area (Å²) in [7, 11) is -3.62. The molecule has 0 radical (unpaired) electrons. The van der Waals surface area contributed by atoms with E-state index in [0.717, 1.165) is 12.8 Å². The van der Waals surface area contributed by atoms with Crippen LogP contribution in [0, 0.1) is 0 Å². The zero-order valence-electron chi connectivity index (χ0n) is 15.0. The largest absolute Gasteiger partial charge is 0.451 e. The molecule has 0 aliphatic carbocycles. The van der Waals surface area contributed by atoms with E-state index in [9.17, 15) is 18.0 Å². The first-order valence-electron chi connectivity index (χ1n) is 8.80. The number of sulfonamides is 1. The van der Waals surface area contributed by atoms with E-state index in [1.54, 1.807) is 30.3 Å². The van der Waals surface area contributed by atoms with Crippen LogP contribution >= 0.6 is 0 Å². The Labute approximate surface area is 158 Å². The van der Waals surface area contributed by atoms with Crippen LogP contribution in [0.4, 0.5) is 0 Å². The summed E-state index contributed by atoms with van der Waals surface area (Å²) in [5, 5.41) is 0. The number of ketones is 1. The van der Waals surface area contributed by atoms with Gasteiger partial charge in [-0.15, -0.1) is 0 Å². The summed E-state index contributed by atoms with van der Waals surface area (Å²) in [6.45, 7) is 2.47. The lowest BCUT2D eigenvalue weighted by Gasteiger charge is -2.16. The Bertz CT molecular complexity index is 934. The van der Waals surface area contributed by atoms with Crippen molar-refractivity contribution in [2.75, 3.05) is 13.1 Å². The molecule has 7 heteroatoms. The van der Waals surface area contributed by atoms with Crippen LogP contribution in [0.1, 0.15) is 40.5 Å². The molecule has 1 fully saturated rings. The van der Waals surface area contributed by atoms with Crippen molar-refractivity contribution in [1.29, 1.82) is 0 Å². The molecule has 1 saturated heterocycles. The zero-order valence-corrected chi connectivity index (χ0v) is 15.8. The van der Waals surface area contributed by atoms with Crippen molar-refractivity contribution in [3.05, 3.63) is 65.7 Å². The highest BCUT2D eigenvalue weighted by atomic mass is 32.2. The molecule has 1 atom stereocenters. The Hall–Kier alpha value is -2.51. The van der Waals surface area contributed by atoms with Gasteiger partial charge in [-0.2, -0.15) is 4.31 Å². The van der Waals surface area contributed by atoms with Crippen LogP contribution in [0.5, 0.6) is 0 Å². The number of ether oxygens (including phenoxy) is 1. The average molecular weight is 387 g/mol. The topological polar surface area (TPSA) is 80.8 Å². The van der Waals surface area contributed by atoms with Crippen molar-refractivity contribution < 1.29 is 22.7 Å². The average Bonchev–Trinajstić information content (AvgIpc) is 3.24. The predicted octanol–water partition coefficient (Wildman–Crippen LogP) is 2.90. The lowest BCUT2D eigenvalue weighted by atomic mass is 10.1. The van der Waals surface area contributed by atoms with Crippen molar-refractivity contribution in [3.8, 4) is 0 Å². The molecule has 0 aromatic heterocycles. The lowest BCUT2D eigenvalue weighted by Crippen LogP contribution is -2.28. The third kappa shape index (κ3) is 4.26. The maximum Gasteiger partial charge on any atom is 0.338 e. The van der Waals surface area contributed by atoms with Crippen LogP contribution < -0.4 is 0 Å². The fourth-order valence-electron chi connectivity index (χ4n) is 2.98. The third-order valence-corrected chi connectivity index (χ3v) is 6.38. The summed E-state index contributed by atoms with van der Waals surface area (Å²) in [5.41, 5.74) is 0.547. The molecule has 6 nitrogen and oxygen atoms in total. The molecule has 1 heterocycles. The van der Waals surface area contributed by atoms with E-state index in [0.29, 0.717) is 18.7 Å². The van der Waals surface area contributed by atoms with E-state index in [4.69, 9.17) is 4.74 Å². The Morgan fingerprint density at radius 2 is 1.59 bits per heavy atom. The molecule has 0 N–H and O–H groups in total. The Morgan fingerprint density at radius 3 is 2.26 bits per heavy atom. The second-order valence-corrected chi connectivity index (χ2v) is 8.35. The summed E-state index contributed by atoms with van der Waals surface area (Å²) in [5.74, 6) is -1.05. The summed E-state index contributed by atoms with van der Waals surface area (Å²) >= 11 is 0. The van der Waals surface area contributed by atoms with Crippen molar-refractivity contribution in [2.45, 2.75) is 30.8 Å². The van der Waals surface area contributed by atoms with Crippen LogP contribution in [0.3, 0.4) is 0 Å². The van der Waals surface area contributed by atoms with Crippen LogP contribution in [-0.2, 0) is 14.8 Å². The van der Waals surface area contributed by atoms with E-state index in [1.165, 1.54) is 35.5 Å². The zero-order chi connectivity index (χ0) is 19.4. The fraction of sp³-hybridized carbons (Fsp3) is 0.300. The van der Waals surface area contributed by atoms with Gasteiger partial charge in [-0.25, -0.2) is 13.2 Å². The van der Waals surface area contributed by atoms with Gasteiger partial charge < -0.3 is 4.74 Å². The molecule has 0 spiro atoms. The minimum absolute atomic E-state index is 0.0564. The minimum atomic E-state index is -3.62. The van der Waals surface area contributed by atoms with Gasteiger partial charge in [0.15, 0.2) is 6.10 Å². The first-order chi connectivity index (χ1) is 12.9. The first-order valence-corrected chi connectivity index (χ1v) is 10.2. The summed E-state index contributed by atoms with van der Waals surface area (Å²) < 4.78 is 32.0. The number of hydrogen-bond acceptors (Lipinski definition) is 5. The van der Waals surface area contributed by atoms with Crippen LogP contribution in [0.15, 0.2) is 59.5 Å². The molecule has 0 bridgehead atoms. The second kappa shape index (κ2) is 8.02. The number of nitrogens with zero attached hydrogens (tertiary/aromatic N) is 1. The van der Waals surface area contributed by atoms with Gasteiger partial charge in [-0.05, 0) is 38.0 Å². The molecule has 2 aromatic rings. The number of hydrogen-bond donors (Lipinski definition) is 0. The molecule has 1 aliphatic rings. The van der Waals surface area contributed by atoms with E-state index >= 15 is 0 Å². The number of esters is 1. The first kappa shape index (κ1) is 19.3. The van der Waals surface area contributed by atoms with Gasteiger partial charge in [0, 0.05) is 18.7 Å². The van der Waals surface area contributed by atoms with Gasteiger partial charge >= 0.3 is 5.97 Å². The number of carbonyl (C=O) groups excluding carboxylic acids is 2. The quantitative estimate of drug-likeness (QED) is 0.562. The highest BCUT2D eigenvalue weighted by Crippen LogP contribution is 2.22. The van der Waals surface area contributed by atoms with E-state index in [1.807, 2.05) is 0 Å². The fourth-order valence-corrected chi connectivity index (χ4v) is 4.54. The van der Waals surface area contributed by atoms with Gasteiger partial charge in [-0.3, -0.25) is 4.79 Å². The van der Waals surface area contributed by atoms with Crippen LogP contribution in [0.25, 0.3) is 0 Å². The van der Waals surface area contributed by atoms with Crippen molar-refractivity contribution >= 4 is 21.8 Å². The molecule has 1 aliphatic heterocycles. The van der Waals surface area contributed by atoms with Crippen LogP contribution in [0.2, 0.25) is 0 Å². The maximum atomic E-state index is 12.6. The van der Waals surface area contributed by atoms with Crippen molar-refractivity contribution in [2.24, 2.45) is 0 Å². The molecule has 0 unspecified atom stereocenters. The van der Waals surface area contributed by atoms with Gasteiger partial charge in [0.1, 0.15) is 0 Å². The van der Waals surface area contributed by atoms with Gasteiger partial charge in [0.25, 0.3) is 0 Å². The Balaban J connectivity index is 1.75. The summed E-state index contributed by atoms with van der Waals surface area (Å²) in [6.07, 6.45) is 0.693. The molecule has 2 aromatic carbocycles. The number of carbonyl (C=O) groups is 2. The molecule has 3 rings (SSSR count). The van der Waals surface area contributed by atoms with E-state index in [2.05, 4.69) is 0 Å². The highest BCUT2D eigenvalue weighted by Gasteiger charge is 2.28. The van der Waals surface area contributed by atoms with Gasteiger partial charge in [0.05, 0.1) is 10.5 Å². The Kier molecular flexibility index (Phi) is 5.72. The minimum Gasteiger partial charge on any atom is -0.451 e. The molecule has 0 saturated carbocycles. The van der Waals surface area contributed by atoms with E-state index in [-0.39, 0.29) is 16.2 Å². The molecular weight excluding hydrogens is 366 g/mol. The Morgan fingerprint density at radius 1 is 0.963 bits per heavy atom. The van der Waals surface area contributed by atoms with Gasteiger partial charge in [0.2, 0.25) is 15.8 Å². The highest BCUT2D eigenvalue weighted by molar-refractivity contribution is 7.89. The van der Waals surface area contributed by atoms with Crippen molar-refractivity contribution in [3.63, 3.8) is 0 Å². The number of Topliss-reactive ketones (excluding diaryl/α,β-unsaturated/α-hetero) is 1. The predicted molar refractivity (Wildman–Crippen MR) is 100 cm³/mol. The maximum absolute atomic E-state index is 12.6. The normalized spacial score (nSPS) is 16.0. The van der Waals surface area contributed by atoms with Crippen LogP contribution in [-0.4, -0.2) is 43.7 Å². The molecule has 0 amide bonds. The van der Waals surface area contributed by atoms with E-state index < -0.39 is 22.1 Å². The standard InChI is InChI=1S/C20H21NO5S/c1-15(19(22)16-8-3-2-4-9-16)26-20(23)17-10-7-11-18(14-17)27(24,25)21-12-5-6-13-21/h2-4,7-11,14-15H,5-6,12-13H2,1H3/t15-/m1/s1. The third-order valence-electron chi connectivity index (χ3n) is 4.48. The second-order valence-electron chi connectivity index (χ2n) is 6.42. The molecule has 142 valence electrons. The number of rotatable bonds is 6. The van der Waals surface area contributed by atoms with Crippen molar-refractivity contribution in [1.82, 2.24) is 4.31 Å². The summed E-state index contributed by atoms with van der Waals surface area (Å²) in [4.78, 5) is 24.8. The SMILES string of the molecule is C[C@@H](OC(=O)c1cccc(S(=O)(=O)N2CCCC2)c1)C(=O)c1ccccc1. The van der Waals surface area contributed by atoms with Gasteiger partial charge in [-0.1, -0.05) is 36.4 Å². The lowest BCUT2D eigenvalue weighted by molar-refractivity contribution is 0.0318. The summed E-state index contributed by atoms with van der Waals surface area (Å²) in [6, 6.07) is 14.3. The smallest absolute Gasteiger partial charge is 0.338 e. The number of benzene rings is 2. The molecule has 27 heavy (non-hydrogen) atoms.